The number of H-pyrrole nitrogens is 1. The van der Waals surface area contributed by atoms with Gasteiger partial charge in [0.2, 0.25) is 11.8 Å². The Morgan fingerprint density at radius 1 is 1.06 bits per heavy atom. The van der Waals surface area contributed by atoms with Crippen molar-refractivity contribution in [2.75, 3.05) is 0 Å². The number of hydrogen-bond donors (Lipinski definition) is 2. The van der Waals surface area contributed by atoms with Crippen LogP contribution in [0.5, 0.6) is 0 Å². The van der Waals surface area contributed by atoms with Gasteiger partial charge in [0.05, 0.1) is 13.0 Å². The number of amides is 2. The van der Waals surface area contributed by atoms with Crippen LogP contribution in [0.4, 0.5) is 0 Å². The Morgan fingerprint density at radius 3 is 2.63 bits per heavy atom. The van der Waals surface area contributed by atoms with E-state index in [1.54, 1.807) is 28.6 Å². The molecule has 2 N–H and O–H groups in total. The summed E-state index contributed by atoms with van der Waals surface area (Å²) in [5.41, 5.74) is 2.71. The summed E-state index contributed by atoms with van der Waals surface area (Å²) in [6, 6.07) is 15.1. The third kappa shape index (κ3) is 5.46. The molecule has 0 bridgehead atoms. The van der Waals surface area contributed by atoms with Crippen LogP contribution >= 0.6 is 11.3 Å². The predicted molar refractivity (Wildman–Crippen MR) is 139 cm³/mol. The number of para-hydroxylation sites is 1. The van der Waals surface area contributed by atoms with Crippen molar-refractivity contribution in [2.45, 2.75) is 57.2 Å². The van der Waals surface area contributed by atoms with Crippen LogP contribution in [0.15, 0.2) is 72.5 Å². The van der Waals surface area contributed by atoms with Crippen LogP contribution in [0.2, 0.25) is 0 Å². The molecule has 7 heteroatoms. The molecule has 1 saturated carbocycles. The second kappa shape index (κ2) is 10.9. The van der Waals surface area contributed by atoms with Crippen LogP contribution in [0.3, 0.4) is 0 Å². The number of nitrogens with one attached hydrogen (secondary N) is 2. The van der Waals surface area contributed by atoms with E-state index in [2.05, 4.69) is 15.3 Å². The number of aromatic nitrogens is 2. The Labute approximate surface area is 209 Å². The summed E-state index contributed by atoms with van der Waals surface area (Å²) in [5.74, 6) is -0.198. The molecule has 6 nitrogen and oxygen atoms in total. The normalized spacial score (nSPS) is 15.1. The maximum Gasteiger partial charge on any atom is 0.247 e. The van der Waals surface area contributed by atoms with Crippen LogP contribution in [-0.2, 0) is 22.6 Å². The molecule has 3 heterocycles. The van der Waals surface area contributed by atoms with Gasteiger partial charge in [0.1, 0.15) is 6.04 Å². The number of aromatic amines is 1. The summed E-state index contributed by atoms with van der Waals surface area (Å²) in [5, 5.41) is 6.30. The van der Waals surface area contributed by atoms with Gasteiger partial charge >= 0.3 is 0 Å². The standard InChI is InChI=1S/C28H30N4O2S/c33-26(17-21-18-30-25-11-5-4-10-24(21)25)32(19-23-9-6-16-35-23)27(20-12-14-29-15-13-20)28(34)31-22-7-2-1-3-8-22/h4-6,9-16,18,22,27,30H,1-3,7-8,17,19H2,(H,31,34)/t27-/m0/s1. The van der Waals surface area contributed by atoms with E-state index >= 15 is 0 Å². The highest BCUT2D eigenvalue weighted by molar-refractivity contribution is 7.09. The lowest BCUT2D eigenvalue weighted by Gasteiger charge is -2.33. The van der Waals surface area contributed by atoms with Crippen LogP contribution < -0.4 is 5.32 Å². The van der Waals surface area contributed by atoms with Crippen LogP contribution in [-0.4, -0.2) is 32.7 Å². The SMILES string of the molecule is O=C(NC1CCCCC1)[C@H](c1ccncc1)N(Cc1cccs1)C(=O)Cc1c[nH]c2ccccc12. The fourth-order valence-corrected chi connectivity index (χ4v) is 5.68. The number of hydrogen-bond acceptors (Lipinski definition) is 4. The zero-order valence-electron chi connectivity index (χ0n) is 19.7. The molecule has 2 amide bonds. The smallest absolute Gasteiger partial charge is 0.247 e. The summed E-state index contributed by atoms with van der Waals surface area (Å²) in [7, 11) is 0. The summed E-state index contributed by atoms with van der Waals surface area (Å²) in [4.78, 5) is 37.9. The summed E-state index contributed by atoms with van der Waals surface area (Å²) in [6.45, 7) is 0.379. The van der Waals surface area contributed by atoms with E-state index in [-0.39, 0.29) is 24.3 Å². The van der Waals surface area contributed by atoms with E-state index < -0.39 is 6.04 Å². The third-order valence-corrected chi connectivity index (χ3v) is 7.64. The van der Waals surface area contributed by atoms with E-state index in [0.717, 1.165) is 52.6 Å². The third-order valence-electron chi connectivity index (χ3n) is 6.78. The van der Waals surface area contributed by atoms with Crippen LogP contribution in [0, 0.1) is 0 Å². The molecule has 5 rings (SSSR count). The van der Waals surface area contributed by atoms with Crippen molar-refractivity contribution in [3.63, 3.8) is 0 Å². The monoisotopic (exact) mass is 486 g/mol. The zero-order valence-corrected chi connectivity index (χ0v) is 20.5. The topological polar surface area (TPSA) is 78.1 Å². The molecule has 0 unspecified atom stereocenters. The highest BCUT2D eigenvalue weighted by atomic mass is 32.1. The van der Waals surface area contributed by atoms with E-state index in [4.69, 9.17) is 0 Å². The van der Waals surface area contributed by atoms with Gasteiger partial charge in [-0.25, -0.2) is 0 Å². The van der Waals surface area contributed by atoms with Gasteiger partial charge in [-0.15, -0.1) is 11.3 Å². The van der Waals surface area contributed by atoms with Gasteiger partial charge in [0, 0.05) is 40.4 Å². The molecule has 1 fully saturated rings. The molecule has 4 aromatic rings. The first-order valence-corrected chi connectivity index (χ1v) is 13.1. The number of nitrogens with zero attached hydrogens (tertiary/aromatic N) is 2. The molecular formula is C28H30N4O2S. The van der Waals surface area contributed by atoms with Crippen molar-refractivity contribution in [3.05, 3.63) is 88.5 Å². The second-order valence-electron chi connectivity index (χ2n) is 9.16. The van der Waals surface area contributed by atoms with Crippen LogP contribution in [0.25, 0.3) is 10.9 Å². The quantitative estimate of drug-likeness (QED) is 0.351. The fraction of sp³-hybridized carbons (Fsp3) is 0.321. The fourth-order valence-electron chi connectivity index (χ4n) is 4.98. The molecule has 1 aliphatic carbocycles. The highest BCUT2D eigenvalue weighted by Gasteiger charge is 2.33. The minimum Gasteiger partial charge on any atom is -0.361 e. The first-order chi connectivity index (χ1) is 17.2. The summed E-state index contributed by atoms with van der Waals surface area (Å²) in [6.07, 6.45) is 10.9. The van der Waals surface area contributed by atoms with Crippen LogP contribution in [0.1, 0.15) is 54.1 Å². The second-order valence-corrected chi connectivity index (χ2v) is 10.2. The van der Waals surface area contributed by atoms with Crippen molar-refractivity contribution in [1.29, 1.82) is 0 Å². The number of fused-ring (bicyclic) bond motifs is 1. The molecule has 0 spiro atoms. The van der Waals surface area contributed by atoms with Gasteiger partial charge in [-0.05, 0) is 53.6 Å². The van der Waals surface area contributed by atoms with Gasteiger partial charge in [-0.2, -0.15) is 0 Å². The highest BCUT2D eigenvalue weighted by Crippen LogP contribution is 2.28. The van der Waals surface area contributed by atoms with Gasteiger partial charge < -0.3 is 15.2 Å². The van der Waals surface area contributed by atoms with E-state index in [1.165, 1.54) is 6.42 Å². The lowest BCUT2D eigenvalue weighted by Crippen LogP contribution is -2.47. The summed E-state index contributed by atoms with van der Waals surface area (Å²) >= 11 is 1.60. The Morgan fingerprint density at radius 2 is 1.86 bits per heavy atom. The molecule has 3 aromatic heterocycles. The first kappa shape index (κ1) is 23.3. The Balaban J connectivity index is 1.48. The minimum atomic E-state index is -0.722. The van der Waals surface area contributed by atoms with Crippen molar-refractivity contribution in [2.24, 2.45) is 0 Å². The molecule has 0 aliphatic heterocycles. The lowest BCUT2D eigenvalue weighted by atomic mass is 9.94. The molecule has 1 atom stereocenters. The summed E-state index contributed by atoms with van der Waals surface area (Å²) < 4.78 is 0. The van der Waals surface area contributed by atoms with Crippen molar-refractivity contribution in [1.82, 2.24) is 20.2 Å². The molecule has 1 aliphatic rings. The number of rotatable bonds is 8. The molecule has 0 radical (unpaired) electrons. The Bertz CT molecular complexity index is 1260. The van der Waals surface area contributed by atoms with Gasteiger partial charge in [-0.1, -0.05) is 43.5 Å². The van der Waals surface area contributed by atoms with Gasteiger partial charge in [-0.3, -0.25) is 14.6 Å². The number of carbonyl (C=O) groups is 2. The molecule has 1 aromatic carbocycles. The van der Waals surface area contributed by atoms with Gasteiger partial charge in [0.15, 0.2) is 0 Å². The molecule has 180 valence electrons. The largest absolute Gasteiger partial charge is 0.361 e. The molecule has 35 heavy (non-hydrogen) atoms. The number of thiophene rings is 1. The first-order valence-electron chi connectivity index (χ1n) is 12.3. The lowest BCUT2D eigenvalue weighted by molar-refractivity contribution is -0.141. The predicted octanol–water partition coefficient (Wildman–Crippen LogP) is 5.39. The Hall–Kier alpha value is -3.45. The van der Waals surface area contributed by atoms with Crippen molar-refractivity contribution < 1.29 is 9.59 Å². The number of benzene rings is 1. The van der Waals surface area contributed by atoms with E-state index in [1.807, 2.05) is 60.1 Å². The van der Waals surface area contributed by atoms with Gasteiger partial charge in [0.25, 0.3) is 0 Å². The van der Waals surface area contributed by atoms with E-state index in [9.17, 15) is 9.59 Å². The van der Waals surface area contributed by atoms with Crippen molar-refractivity contribution >= 4 is 34.1 Å². The minimum absolute atomic E-state index is 0.0799. The maximum atomic E-state index is 13.9. The number of carbonyl (C=O) groups excluding carboxylic acids is 2. The Kier molecular flexibility index (Phi) is 7.23. The molecular weight excluding hydrogens is 456 g/mol. The zero-order chi connectivity index (χ0) is 24.0. The average Bonchev–Trinajstić information content (AvgIpc) is 3.55. The molecule has 0 saturated heterocycles. The van der Waals surface area contributed by atoms with Crippen molar-refractivity contribution in [3.8, 4) is 0 Å². The van der Waals surface area contributed by atoms with E-state index in [0.29, 0.717) is 6.54 Å². The number of pyridine rings is 1. The average molecular weight is 487 g/mol. The maximum absolute atomic E-state index is 13.9.